The molecule has 1 saturated heterocycles. The Morgan fingerprint density at radius 2 is 1.70 bits per heavy atom. The fourth-order valence-corrected chi connectivity index (χ4v) is 3.42. The molecule has 27 heavy (non-hydrogen) atoms. The van der Waals surface area contributed by atoms with Gasteiger partial charge in [0.1, 0.15) is 6.04 Å². The number of carbonyl (C=O) groups excluding carboxylic acids is 4. The van der Waals surface area contributed by atoms with Crippen molar-refractivity contribution >= 4 is 23.7 Å². The molecule has 3 rings (SSSR count). The van der Waals surface area contributed by atoms with Gasteiger partial charge in [-0.15, -0.1) is 0 Å². The number of carbonyl (C=O) groups is 4. The standard InChI is InChI=1S/C20H22N2O5/c1-13(22-18(24)15-9-5-6-10-16(15)19(22)25)20(26)27-12-17(23)21-11-14-7-3-2-4-8-14/h2-8,13,15-16H,9-12H2,1H3,(H,21,23)/t13-,15-,16-/m0/s1. The maximum atomic E-state index is 12.5. The first-order valence-corrected chi connectivity index (χ1v) is 8.98. The minimum Gasteiger partial charge on any atom is -0.454 e. The Hall–Kier alpha value is -2.96. The van der Waals surface area contributed by atoms with E-state index in [2.05, 4.69) is 5.32 Å². The van der Waals surface area contributed by atoms with Gasteiger partial charge in [0.15, 0.2) is 6.61 Å². The van der Waals surface area contributed by atoms with Gasteiger partial charge in [0.2, 0.25) is 11.8 Å². The van der Waals surface area contributed by atoms with Gasteiger partial charge >= 0.3 is 5.97 Å². The summed E-state index contributed by atoms with van der Waals surface area (Å²) in [4.78, 5) is 50.0. The zero-order valence-corrected chi connectivity index (χ0v) is 15.1. The van der Waals surface area contributed by atoms with Crippen LogP contribution in [0, 0.1) is 11.8 Å². The lowest BCUT2D eigenvalue weighted by Gasteiger charge is -2.21. The number of allylic oxidation sites excluding steroid dienone is 2. The largest absolute Gasteiger partial charge is 0.454 e. The number of esters is 1. The summed E-state index contributed by atoms with van der Waals surface area (Å²) in [6.45, 7) is 1.32. The molecular formula is C20H22N2O5. The highest BCUT2D eigenvalue weighted by Gasteiger charge is 2.50. The summed E-state index contributed by atoms with van der Waals surface area (Å²) in [5, 5.41) is 2.65. The Morgan fingerprint density at radius 3 is 2.30 bits per heavy atom. The monoisotopic (exact) mass is 370 g/mol. The molecule has 0 radical (unpaired) electrons. The van der Waals surface area contributed by atoms with Crippen molar-refractivity contribution in [3.63, 3.8) is 0 Å². The van der Waals surface area contributed by atoms with E-state index in [1.54, 1.807) is 0 Å². The van der Waals surface area contributed by atoms with E-state index < -0.39 is 36.4 Å². The minimum atomic E-state index is -1.04. The average molecular weight is 370 g/mol. The third-order valence-electron chi connectivity index (χ3n) is 4.95. The second-order valence-electron chi connectivity index (χ2n) is 6.75. The number of nitrogens with one attached hydrogen (secondary N) is 1. The summed E-state index contributed by atoms with van der Waals surface area (Å²) in [6, 6.07) is 8.29. The highest BCUT2D eigenvalue weighted by molar-refractivity contribution is 6.08. The molecule has 1 aromatic rings. The van der Waals surface area contributed by atoms with Gasteiger partial charge in [0.05, 0.1) is 11.8 Å². The van der Waals surface area contributed by atoms with Crippen LogP contribution in [0.2, 0.25) is 0 Å². The molecule has 0 saturated carbocycles. The number of hydrogen-bond acceptors (Lipinski definition) is 5. The normalized spacial score (nSPS) is 22.3. The molecule has 1 aromatic carbocycles. The van der Waals surface area contributed by atoms with E-state index in [-0.39, 0.29) is 11.8 Å². The molecule has 7 heteroatoms. The molecule has 1 fully saturated rings. The number of hydrogen-bond donors (Lipinski definition) is 1. The van der Waals surface area contributed by atoms with Crippen LogP contribution in [-0.4, -0.2) is 41.2 Å². The number of fused-ring (bicyclic) bond motifs is 1. The van der Waals surface area contributed by atoms with E-state index in [9.17, 15) is 19.2 Å². The zero-order valence-electron chi connectivity index (χ0n) is 15.1. The summed E-state index contributed by atoms with van der Waals surface area (Å²) in [7, 11) is 0. The van der Waals surface area contributed by atoms with Gasteiger partial charge in [-0.2, -0.15) is 0 Å². The number of amides is 3. The molecule has 0 bridgehead atoms. The van der Waals surface area contributed by atoms with Gasteiger partial charge in [0.25, 0.3) is 5.91 Å². The number of ether oxygens (including phenoxy) is 1. The van der Waals surface area contributed by atoms with Crippen molar-refractivity contribution in [2.24, 2.45) is 11.8 Å². The van der Waals surface area contributed by atoms with E-state index in [0.717, 1.165) is 10.5 Å². The van der Waals surface area contributed by atoms with E-state index in [4.69, 9.17) is 4.74 Å². The molecule has 1 aliphatic carbocycles. The highest BCUT2D eigenvalue weighted by atomic mass is 16.5. The Labute approximate surface area is 157 Å². The number of likely N-dealkylation sites (tertiary alicyclic amines) is 1. The molecule has 2 aliphatic rings. The molecule has 0 aromatic heterocycles. The van der Waals surface area contributed by atoms with Crippen LogP contribution >= 0.6 is 0 Å². The Bertz CT molecular complexity index is 748. The van der Waals surface area contributed by atoms with Crippen LogP contribution in [0.3, 0.4) is 0 Å². The Kier molecular flexibility index (Phi) is 5.69. The lowest BCUT2D eigenvalue weighted by molar-refractivity contribution is -0.159. The minimum absolute atomic E-state index is 0.326. The van der Waals surface area contributed by atoms with E-state index in [0.29, 0.717) is 19.4 Å². The van der Waals surface area contributed by atoms with Crippen molar-refractivity contribution in [3.8, 4) is 0 Å². The SMILES string of the molecule is C[C@@H](C(=O)OCC(=O)NCc1ccccc1)N1C(=O)[C@H]2CC=CC[C@@H]2C1=O. The summed E-state index contributed by atoms with van der Waals surface area (Å²) < 4.78 is 5.00. The van der Waals surface area contributed by atoms with E-state index >= 15 is 0 Å². The van der Waals surface area contributed by atoms with Gasteiger partial charge in [-0.1, -0.05) is 42.5 Å². The smallest absolute Gasteiger partial charge is 0.329 e. The third kappa shape index (κ3) is 4.07. The summed E-state index contributed by atoms with van der Waals surface area (Å²) >= 11 is 0. The topological polar surface area (TPSA) is 92.8 Å². The second-order valence-corrected chi connectivity index (χ2v) is 6.75. The number of nitrogens with zero attached hydrogens (tertiary/aromatic N) is 1. The van der Waals surface area contributed by atoms with Crippen molar-refractivity contribution in [2.75, 3.05) is 6.61 Å². The Morgan fingerprint density at radius 1 is 1.11 bits per heavy atom. The first-order valence-electron chi connectivity index (χ1n) is 8.98. The highest BCUT2D eigenvalue weighted by Crippen LogP contribution is 2.36. The van der Waals surface area contributed by atoms with Crippen LogP contribution < -0.4 is 5.32 Å². The molecule has 7 nitrogen and oxygen atoms in total. The van der Waals surface area contributed by atoms with Gasteiger partial charge in [-0.3, -0.25) is 19.3 Å². The molecule has 1 heterocycles. The molecule has 1 aliphatic heterocycles. The number of rotatable bonds is 6. The predicted molar refractivity (Wildman–Crippen MR) is 95.9 cm³/mol. The van der Waals surface area contributed by atoms with Crippen LogP contribution in [0.1, 0.15) is 25.3 Å². The summed E-state index contributed by atoms with van der Waals surface area (Å²) in [5.41, 5.74) is 0.926. The van der Waals surface area contributed by atoms with Crippen LogP contribution in [-0.2, 0) is 30.5 Å². The molecule has 142 valence electrons. The summed E-state index contributed by atoms with van der Waals surface area (Å²) in [6.07, 6.45) is 4.79. The molecule has 3 atom stereocenters. The van der Waals surface area contributed by atoms with Gasteiger partial charge in [-0.05, 0) is 25.3 Å². The lowest BCUT2D eigenvalue weighted by atomic mass is 9.85. The van der Waals surface area contributed by atoms with Crippen LogP contribution in [0.4, 0.5) is 0 Å². The average Bonchev–Trinajstić information content (AvgIpc) is 2.95. The number of benzene rings is 1. The Balaban J connectivity index is 1.50. The van der Waals surface area contributed by atoms with Gasteiger partial charge < -0.3 is 10.1 Å². The maximum absolute atomic E-state index is 12.5. The zero-order chi connectivity index (χ0) is 19.4. The van der Waals surface area contributed by atoms with E-state index in [1.807, 2.05) is 42.5 Å². The van der Waals surface area contributed by atoms with Crippen LogP contribution in [0.5, 0.6) is 0 Å². The van der Waals surface area contributed by atoms with Crippen molar-refractivity contribution in [2.45, 2.75) is 32.4 Å². The van der Waals surface area contributed by atoms with E-state index in [1.165, 1.54) is 6.92 Å². The first kappa shape index (κ1) is 18.8. The molecule has 1 N–H and O–H groups in total. The fraction of sp³-hybridized carbons (Fsp3) is 0.400. The number of imide groups is 1. The maximum Gasteiger partial charge on any atom is 0.329 e. The molecule has 0 spiro atoms. The van der Waals surface area contributed by atoms with Gasteiger partial charge in [0, 0.05) is 6.54 Å². The van der Waals surface area contributed by atoms with Crippen molar-refractivity contribution < 1.29 is 23.9 Å². The third-order valence-corrected chi connectivity index (χ3v) is 4.95. The van der Waals surface area contributed by atoms with Crippen molar-refractivity contribution in [3.05, 3.63) is 48.0 Å². The molecule has 0 unspecified atom stereocenters. The summed E-state index contributed by atoms with van der Waals surface area (Å²) in [5.74, 6) is -2.69. The van der Waals surface area contributed by atoms with Crippen molar-refractivity contribution in [1.82, 2.24) is 10.2 Å². The lowest BCUT2D eigenvalue weighted by Crippen LogP contribution is -2.45. The molecular weight excluding hydrogens is 348 g/mol. The fourth-order valence-electron chi connectivity index (χ4n) is 3.42. The second kappa shape index (κ2) is 8.16. The molecule has 3 amide bonds. The van der Waals surface area contributed by atoms with Crippen molar-refractivity contribution in [1.29, 1.82) is 0 Å². The first-order chi connectivity index (χ1) is 13.0. The van der Waals surface area contributed by atoms with Gasteiger partial charge in [-0.25, -0.2) is 4.79 Å². The predicted octanol–water partition coefficient (Wildman–Crippen LogP) is 1.19. The van der Waals surface area contributed by atoms with Crippen LogP contribution in [0.15, 0.2) is 42.5 Å². The van der Waals surface area contributed by atoms with Crippen LogP contribution in [0.25, 0.3) is 0 Å². The quantitative estimate of drug-likeness (QED) is 0.461.